The Bertz CT molecular complexity index is 1370. The van der Waals surface area contributed by atoms with Crippen LogP contribution in [0.2, 0.25) is 5.02 Å². The Morgan fingerprint density at radius 2 is 1.54 bits per heavy atom. The van der Waals surface area contributed by atoms with Gasteiger partial charge in [-0.3, -0.25) is 0 Å². The van der Waals surface area contributed by atoms with Gasteiger partial charge in [0.15, 0.2) is 11.6 Å². The quantitative estimate of drug-likeness (QED) is 0.378. The minimum absolute atomic E-state index is 0.283. The van der Waals surface area contributed by atoms with E-state index in [1.807, 2.05) is 43.3 Å². The Balaban J connectivity index is 1.42. The summed E-state index contributed by atoms with van der Waals surface area (Å²) in [7, 11) is 0. The number of hydrogen-bond acceptors (Lipinski definition) is 8. The Hall–Kier alpha value is -3.78. The highest BCUT2D eigenvalue weighted by Gasteiger charge is 2.26. The number of rotatable bonds is 5. The van der Waals surface area contributed by atoms with Crippen molar-refractivity contribution in [2.24, 2.45) is 0 Å². The number of esters is 1. The number of halogens is 1. The smallest absolute Gasteiger partial charge is 0.343 e. The highest BCUT2D eigenvalue weighted by atomic mass is 35.5. The molecule has 0 spiro atoms. The van der Waals surface area contributed by atoms with E-state index in [4.69, 9.17) is 31.3 Å². The number of carbonyl (C=O) groups is 1. The van der Waals surface area contributed by atoms with Crippen molar-refractivity contribution >= 4 is 40.2 Å². The molecule has 1 aliphatic rings. The van der Waals surface area contributed by atoms with Crippen molar-refractivity contribution < 1.29 is 9.53 Å². The second-order valence-corrected chi connectivity index (χ2v) is 8.69. The van der Waals surface area contributed by atoms with Gasteiger partial charge in [0, 0.05) is 43.0 Å². The van der Waals surface area contributed by atoms with Gasteiger partial charge in [-0.1, -0.05) is 23.7 Å². The first-order valence-electron chi connectivity index (χ1n) is 11.6. The van der Waals surface area contributed by atoms with Crippen LogP contribution in [0, 0.1) is 6.92 Å². The first-order valence-corrected chi connectivity index (χ1v) is 11.9. The molecule has 0 saturated carbocycles. The molecule has 0 aliphatic carbocycles. The van der Waals surface area contributed by atoms with Crippen molar-refractivity contribution in [3.8, 4) is 11.4 Å². The normalized spacial score (nSPS) is 13.8. The van der Waals surface area contributed by atoms with Gasteiger partial charge in [0.1, 0.15) is 11.4 Å². The maximum atomic E-state index is 12.7. The summed E-state index contributed by atoms with van der Waals surface area (Å²) in [4.78, 5) is 35.8. The zero-order chi connectivity index (χ0) is 24.4. The minimum Gasteiger partial charge on any atom is -0.462 e. The van der Waals surface area contributed by atoms with Gasteiger partial charge in [0.2, 0.25) is 0 Å². The van der Waals surface area contributed by atoms with E-state index >= 15 is 0 Å². The zero-order valence-electron chi connectivity index (χ0n) is 19.6. The summed E-state index contributed by atoms with van der Waals surface area (Å²) in [5.74, 6) is 1.56. The van der Waals surface area contributed by atoms with Crippen molar-refractivity contribution in [1.82, 2.24) is 19.9 Å². The summed E-state index contributed by atoms with van der Waals surface area (Å²) in [5, 5.41) is 0.639. The molecule has 35 heavy (non-hydrogen) atoms. The summed E-state index contributed by atoms with van der Waals surface area (Å²) in [6.45, 7) is 6.82. The van der Waals surface area contributed by atoms with Crippen molar-refractivity contribution in [2.75, 3.05) is 42.6 Å². The standard InChI is InChI=1S/C26H25ClN6O2/c1-3-35-26(34)20-16-28-23(18-8-10-19(27)11-9-18)31-25(20)33-14-12-32(13-15-33)24-17(2)29-21-6-4-5-7-22(21)30-24/h4-11,16H,3,12-15H2,1-2H3. The lowest BCUT2D eigenvalue weighted by molar-refractivity contribution is 0.0526. The first-order chi connectivity index (χ1) is 17.0. The summed E-state index contributed by atoms with van der Waals surface area (Å²) >= 11 is 6.04. The second-order valence-electron chi connectivity index (χ2n) is 8.25. The fourth-order valence-corrected chi connectivity index (χ4v) is 4.34. The molecule has 1 saturated heterocycles. The Morgan fingerprint density at radius 3 is 2.20 bits per heavy atom. The van der Waals surface area contributed by atoms with E-state index in [1.54, 1.807) is 25.3 Å². The number of anilines is 2. The molecule has 0 bridgehead atoms. The number of benzene rings is 2. The molecule has 4 aromatic rings. The lowest BCUT2D eigenvalue weighted by Gasteiger charge is -2.37. The van der Waals surface area contributed by atoms with Crippen molar-refractivity contribution in [3.63, 3.8) is 0 Å². The fourth-order valence-electron chi connectivity index (χ4n) is 4.21. The summed E-state index contributed by atoms with van der Waals surface area (Å²) in [5.41, 5.74) is 3.86. The average Bonchev–Trinajstić information content (AvgIpc) is 2.89. The maximum absolute atomic E-state index is 12.7. The molecule has 1 aliphatic heterocycles. The maximum Gasteiger partial charge on any atom is 0.343 e. The molecule has 0 amide bonds. The molecule has 178 valence electrons. The number of aryl methyl sites for hydroxylation is 1. The van der Waals surface area contributed by atoms with Crippen LogP contribution in [-0.4, -0.2) is 58.7 Å². The molecule has 8 nitrogen and oxygen atoms in total. The lowest BCUT2D eigenvalue weighted by atomic mass is 10.2. The van der Waals surface area contributed by atoms with E-state index in [-0.39, 0.29) is 6.61 Å². The van der Waals surface area contributed by atoms with Crippen LogP contribution in [-0.2, 0) is 4.74 Å². The van der Waals surface area contributed by atoms with Gasteiger partial charge >= 0.3 is 5.97 Å². The van der Waals surface area contributed by atoms with E-state index in [9.17, 15) is 4.79 Å². The van der Waals surface area contributed by atoms with Gasteiger partial charge < -0.3 is 14.5 Å². The van der Waals surface area contributed by atoms with Crippen LogP contribution in [0.5, 0.6) is 0 Å². The molecule has 1 fully saturated rings. The fraction of sp³-hybridized carbons (Fsp3) is 0.269. The molecule has 3 heterocycles. The largest absolute Gasteiger partial charge is 0.462 e. The van der Waals surface area contributed by atoms with E-state index < -0.39 is 5.97 Å². The number of hydrogen-bond donors (Lipinski definition) is 0. The molecule has 0 radical (unpaired) electrons. The van der Waals surface area contributed by atoms with Gasteiger partial charge in [-0.15, -0.1) is 0 Å². The third kappa shape index (κ3) is 4.74. The Kier molecular flexibility index (Phi) is 6.46. The predicted octanol–water partition coefficient (Wildman–Crippen LogP) is 4.55. The molecular weight excluding hydrogens is 464 g/mol. The SMILES string of the molecule is CCOC(=O)c1cnc(-c2ccc(Cl)cc2)nc1N1CCN(c2nc3ccccc3nc2C)CC1. The topological polar surface area (TPSA) is 84.3 Å². The van der Waals surface area contributed by atoms with Crippen LogP contribution in [0.15, 0.2) is 54.7 Å². The number of ether oxygens (including phenoxy) is 1. The number of nitrogens with zero attached hydrogens (tertiary/aromatic N) is 6. The Labute approximate surface area is 208 Å². The van der Waals surface area contributed by atoms with Crippen LogP contribution in [0.25, 0.3) is 22.4 Å². The van der Waals surface area contributed by atoms with Crippen LogP contribution >= 0.6 is 11.6 Å². The molecule has 0 N–H and O–H groups in total. The highest BCUT2D eigenvalue weighted by molar-refractivity contribution is 6.30. The molecule has 0 atom stereocenters. The van der Waals surface area contributed by atoms with Gasteiger partial charge in [0.25, 0.3) is 0 Å². The third-order valence-electron chi connectivity index (χ3n) is 5.96. The van der Waals surface area contributed by atoms with Gasteiger partial charge in [0.05, 0.1) is 23.3 Å². The molecule has 9 heteroatoms. The molecular formula is C26H25ClN6O2. The highest BCUT2D eigenvalue weighted by Crippen LogP contribution is 2.27. The van der Waals surface area contributed by atoms with Crippen molar-refractivity contribution in [2.45, 2.75) is 13.8 Å². The number of aromatic nitrogens is 4. The number of piperazine rings is 1. The van der Waals surface area contributed by atoms with E-state index in [0.29, 0.717) is 35.3 Å². The molecule has 2 aromatic carbocycles. The van der Waals surface area contributed by atoms with Gasteiger partial charge in [-0.05, 0) is 50.2 Å². The van der Waals surface area contributed by atoms with Crippen molar-refractivity contribution in [3.05, 3.63) is 71.0 Å². The van der Waals surface area contributed by atoms with Crippen LogP contribution in [0.3, 0.4) is 0 Å². The first kappa shape index (κ1) is 23.0. The second kappa shape index (κ2) is 9.84. The number of para-hydroxylation sites is 2. The van der Waals surface area contributed by atoms with E-state index in [2.05, 4.69) is 14.8 Å². The lowest BCUT2D eigenvalue weighted by Crippen LogP contribution is -2.48. The molecule has 5 rings (SSSR count). The van der Waals surface area contributed by atoms with E-state index in [0.717, 1.165) is 41.2 Å². The van der Waals surface area contributed by atoms with Crippen LogP contribution in [0.1, 0.15) is 23.0 Å². The Morgan fingerprint density at radius 1 is 0.914 bits per heavy atom. The summed E-state index contributed by atoms with van der Waals surface area (Å²) < 4.78 is 5.28. The van der Waals surface area contributed by atoms with Crippen LogP contribution < -0.4 is 9.80 Å². The van der Waals surface area contributed by atoms with Crippen LogP contribution in [0.4, 0.5) is 11.6 Å². The van der Waals surface area contributed by atoms with Gasteiger partial charge in [-0.2, -0.15) is 0 Å². The van der Waals surface area contributed by atoms with Crippen molar-refractivity contribution in [1.29, 1.82) is 0 Å². The number of carbonyl (C=O) groups excluding carboxylic acids is 1. The predicted molar refractivity (Wildman–Crippen MR) is 137 cm³/mol. The summed E-state index contributed by atoms with van der Waals surface area (Å²) in [6.07, 6.45) is 1.55. The monoisotopic (exact) mass is 488 g/mol. The van der Waals surface area contributed by atoms with E-state index in [1.165, 1.54) is 0 Å². The molecule has 0 unspecified atom stereocenters. The molecule has 2 aromatic heterocycles. The van der Waals surface area contributed by atoms with Gasteiger partial charge in [-0.25, -0.2) is 24.7 Å². The summed E-state index contributed by atoms with van der Waals surface area (Å²) in [6, 6.07) is 15.2. The average molecular weight is 489 g/mol. The minimum atomic E-state index is -0.427. The number of fused-ring (bicyclic) bond motifs is 1. The third-order valence-corrected chi connectivity index (χ3v) is 6.22. The zero-order valence-corrected chi connectivity index (χ0v) is 20.4.